The highest BCUT2D eigenvalue weighted by molar-refractivity contribution is 6.05. The maximum atomic E-state index is 12.7. The number of hydrogen-bond donors (Lipinski definition) is 2. The smallest absolute Gasteiger partial charge is 0.255 e. The summed E-state index contributed by atoms with van der Waals surface area (Å²) in [5.41, 5.74) is 2.97. The average Bonchev–Trinajstić information content (AvgIpc) is 3.12. The van der Waals surface area contributed by atoms with Gasteiger partial charge in [-0.05, 0) is 18.1 Å². The number of piperidine rings is 1. The van der Waals surface area contributed by atoms with Crippen LogP contribution in [-0.4, -0.2) is 40.4 Å². The molecule has 23 heavy (non-hydrogen) atoms. The van der Waals surface area contributed by atoms with Crippen molar-refractivity contribution in [1.29, 1.82) is 0 Å². The zero-order valence-electron chi connectivity index (χ0n) is 12.4. The maximum absolute atomic E-state index is 12.7. The van der Waals surface area contributed by atoms with Gasteiger partial charge in [-0.15, -0.1) is 0 Å². The molecule has 7 heteroatoms. The molecule has 0 aliphatic carbocycles. The van der Waals surface area contributed by atoms with Gasteiger partial charge in [0, 0.05) is 36.1 Å². The fourth-order valence-corrected chi connectivity index (χ4v) is 3.64. The van der Waals surface area contributed by atoms with E-state index in [1.54, 1.807) is 6.07 Å². The number of fused-ring (bicyclic) bond motifs is 3. The fraction of sp³-hybridized carbons (Fsp3) is 0.438. The summed E-state index contributed by atoms with van der Waals surface area (Å²) in [6, 6.07) is 1.04. The lowest BCUT2D eigenvalue weighted by atomic mass is 9.97. The third kappa shape index (κ3) is 2.03. The van der Waals surface area contributed by atoms with Gasteiger partial charge in [0.05, 0.1) is 13.2 Å². The van der Waals surface area contributed by atoms with Crippen LogP contribution in [0.3, 0.4) is 0 Å². The minimum absolute atomic E-state index is 0.193. The molecule has 1 aromatic carbocycles. The Balaban J connectivity index is 1.71. The van der Waals surface area contributed by atoms with Gasteiger partial charge in [-0.2, -0.15) is 0 Å². The third-order valence-electron chi connectivity index (χ3n) is 4.75. The lowest BCUT2D eigenvalue weighted by Gasteiger charge is -2.29. The number of benzene rings is 1. The minimum atomic E-state index is -0.622. The molecule has 1 fully saturated rings. The van der Waals surface area contributed by atoms with Gasteiger partial charge < -0.3 is 14.7 Å². The number of amides is 3. The summed E-state index contributed by atoms with van der Waals surface area (Å²) in [6.45, 7) is 0.685. The molecular formula is C16H16N2O5. The standard InChI is InChI=1S/C16H16N2O5/c19-7-8-5-10-11(9-3-4-23-14(8)9)6-18(16(10)22)12-1-2-13(20)17-15(12)21/h5,12,19H,1-4,6-7H2,(H,17,20,21). The van der Waals surface area contributed by atoms with Gasteiger partial charge in [-0.3, -0.25) is 19.7 Å². The van der Waals surface area contributed by atoms with E-state index in [-0.39, 0.29) is 24.8 Å². The van der Waals surface area contributed by atoms with Crippen LogP contribution in [0.25, 0.3) is 0 Å². The first-order valence-corrected chi connectivity index (χ1v) is 7.66. The highest BCUT2D eigenvalue weighted by Gasteiger charge is 2.41. The molecule has 0 radical (unpaired) electrons. The van der Waals surface area contributed by atoms with Crippen LogP contribution >= 0.6 is 0 Å². The summed E-state index contributed by atoms with van der Waals surface area (Å²) in [5.74, 6) is -0.270. The van der Waals surface area contributed by atoms with E-state index < -0.39 is 11.9 Å². The van der Waals surface area contributed by atoms with E-state index in [0.29, 0.717) is 42.9 Å². The largest absolute Gasteiger partial charge is 0.493 e. The quantitative estimate of drug-likeness (QED) is 0.741. The van der Waals surface area contributed by atoms with Crippen LogP contribution in [0.15, 0.2) is 6.07 Å². The molecule has 120 valence electrons. The highest BCUT2D eigenvalue weighted by atomic mass is 16.5. The summed E-state index contributed by atoms with van der Waals surface area (Å²) < 4.78 is 5.58. The van der Waals surface area contributed by atoms with E-state index in [9.17, 15) is 19.5 Å². The van der Waals surface area contributed by atoms with Crippen LogP contribution in [0.5, 0.6) is 5.75 Å². The Morgan fingerprint density at radius 1 is 1.26 bits per heavy atom. The second-order valence-corrected chi connectivity index (χ2v) is 6.03. The number of rotatable bonds is 2. The molecule has 3 aliphatic heterocycles. The Labute approximate surface area is 132 Å². The molecule has 0 bridgehead atoms. The monoisotopic (exact) mass is 316 g/mol. The molecule has 1 saturated heterocycles. The first-order valence-electron chi connectivity index (χ1n) is 7.66. The van der Waals surface area contributed by atoms with Crippen molar-refractivity contribution in [3.05, 3.63) is 28.3 Å². The Morgan fingerprint density at radius 3 is 2.83 bits per heavy atom. The van der Waals surface area contributed by atoms with Crippen molar-refractivity contribution in [2.24, 2.45) is 0 Å². The molecule has 7 nitrogen and oxygen atoms in total. The van der Waals surface area contributed by atoms with Gasteiger partial charge in [0.25, 0.3) is 5.91 Å². The van der Waals surface area contributed by atoms with Gasteiger partial charge in [-0.25, -0.2) is 0 Å². The Hall–Kier alpha value is -2.41. The number of carbonyl (C=O) groups is 3. The Bertz CT molecular complexity index is 742. The normalized spacial score (nSPS) is 22.7. The predicted molar refractivity (Wildman–Crippen MR) is 77.6 cm³/mol. The Kier molecular flexibility index (Phi) is 3.12. The SMILES string of the molecule is O=C1CCC(N2Cc3c(cc(CO)c4c3CCO4)C2=O)C(=O)N1. The zero-order valence-corrected chi connectivity index (χ0v) is 12.4. The van der Waals surface area contributed by atoms with Crippen molar-refractivity contribution in [2.45, 2.75) is 38.5 Å². The van der Waals surface area contributed by atoms with Crippen molar-refractivity contribution >= 4 is 17.7 Å². The summed E-state index contributed by atoms with van der Waals surface area (Å²) in [5, 5.41) is 11.8. The third-order valence-corrected chi connectivity index (χ3v) is 4.75. The molecule has 1 aromatic rings. The number of aliphatic hydroxyl groups excluding tert-OH is 1. The van der Waals surface area contributed by atoms with Crippen LogP contribution in [0.4, 0.5) is 0 Å². The molecular weight excluding hydrogens is 300 g/mol. The van der Waals surface area contributed by atoms with E-state index in [1.165, 1.54) is 4.90 Å². The first-order chi connectivity index (χ1) is 11.1. The summed E-state index contributed by atoms with van der Waals surface area (Å²) in [4.78, 5) is 37.6. The predicted octanol–water partition coefficient (Wildman–Crippen LogP) is -0.125. The van der Waals surface area contributed by atoms with Gasteiger partial charge in [0.1, 0.15) is 11.8 Å². The summed E-state index contributed by atoms with van der Waals surface area (Å²) >= 11 is 0. The molecule has 0 aromatic heterocycles. The number of aliphatic hydroxyl groups is 1. The molecule has 1 atom stereocenters. The van der Waals surface area contributed by atoms with Crippen molar-refractivity contribution in [2.75, 3.05) is 6.61 Å². The number of nitrogens with zero attached hydrogens (tertiary/aromatic N) is 1. The average molecular weight is 316 g/mol. The van der Waals surface area contributed by atoms with Crippen molar-refractivity contribution in [3.63, 3.8) is 0 Å². The van der Waals surface area contributed by atoms with Crippen molar-refractivity contribution < 1.29 is 24.2 Å². The number of carbonyl (C=O) groups excluding carboxylic acids is 3. The van der Waals surface area contributed by atoms with Gasteiger partial charge in [0.15, 0.2) is 0 Å². The molecule has 3 heterocycles. The van der Waals surface area contributed by atoms with Crippen molar-refractivity contribution in [3.8, 4) is 5.75 Å². The van der Waals surface area contributed by atoms with E-state index in [2.05, 4.69) is 5.32 Å². The van der Waals surface area contributed by atoms with E-state index in [1.807, 2.05) is 0 Å². The van der Waals surface area contributed by atoms with Crippen LogP contribution in [0.1, 0.15) is 39.9 Å². The van der Waals surface area contributed by atoms with Crippen molar-refractivity contribution in [1.82, 2.24) is 10.2 Å². The maximum Gasteiger partial charge on any atom is 0.255 e. The van der Waals surface area contributed by atoms with Crippen LogP contribution in [0.2, 0.25) is 0 Å². The number of ether oxygens (including phenoxy) is 1. The Morgan fingerprint density at radius 2 is 2.09 bits per heavy atom. The van der Waals surface area contributed by atoms with Gasteiger partial charge in [-0.1, -0.05) is 0 Å². The molecule has 3 amide bonds. The van der Waals surface area contributed by atoms with E-state index in [4.69, 9.17) is 4.74 Å². The molecule has 2 N–H and O–H groups in total. The van der Waals surface area contributed by atoms with E-state index >= 15 is 0 Å². The fourth-order valence-electron chi connectivity index (χ4n) is 3.64. The lowest BCUT2D eigenvalue weighted by Crippen LogP contribution is -2.52. The topological polar surface area (TPSA) is 95.9 Å². The molecule has 1 unspecified atom stereocenters. The molecule has 0 saturated carbocycles. The number of imide groups is 1. The van der Waals surface area contributed by atoms with Crippen LogP contribution < -0.4 is 10.1 Å². The molecule has 3 aliphatic rings. The minimum Gasteiger partial charge on any atom is -0.493 e. The highest BCUT2D eigenvalue weighted by Crippen LogP contribution is 2.39. The van der Waals surface area contributed by atoms with Crippen LogP contribution in [-0.2, 0) is 29.2 Å². The van der Waals surface area contributed by atoms with Gasteiger partial charge >= 0.3 is 0 Å². The molecule has 0 spiro atoms. The second kappa shape index (κ2) is 5.06. The zero-order chi connectivity index (χ0) is 16.1. The number of hydrogen-bond acceptors (Lipinski definition) is 5. The van der Waals surface area contributed by atoms with Crippen LogP contribution in [0, 0.1) is 0 Å². The van der Waals surface area contributed by atoms with Gasteiger partial charge in [0.2, 0.25) is 11.8 Å². The summed E-state index contributed by atoms with van der Waals surface area (Å²) in [7, 11) is 0. The van der Waals surface area contributed by atoms with E-state index in [0.717, 1.165) is 11.1 Å². The first kappa shape index (κ1) is 14.2. The lowest BCUT2D eigenvalue weighted by molar-refractivity contribution is -0.136. The molecule has 4 rings (SSSR count). The summed E-state index contributed by atoms with van der Waals surface area (Å²) in [6.07, 6.45) is 1.28. The number of nitrogens with one attached hydrogen (secondary N) is 1. The second-order valence-electron chi connectivity index (χ2n) is 6.03.